The van der Waals surface area contributed by atoms with E-state index in [0.29, 0.717) is 108 Å². The van der Waals surface area contributed by atoms with E-state index in [-0.39, 0.29) is 11.5 Å². The van der Waals surface area contributed by atoms with Crippen molar-refractivity contribution >= 4 is 72.0 Å². The van der Waals surface area contributed by atoms with Crippen LogP contribution in [0.3, 0.4) is 0 Å². The number of sulfone groups is 1. The minimum atomic E-state index is -6.07. The molecule has 0 spiro atoms. The van der Waals surface area contributed by atoms with Crippen molar-refractivity contribution in [2.24, 2.45) is 5.41 Å². The second-order valence-corrected chi connectivity index (χ2v) is 22.7. The summed E-state index contributed by atoms with van der Waals surface area (Å²) in [4.78, 5) is 31.9. The van der Waals surface area contributed by atoms with Gasteiger partial charge in [0.2, 0.25) is 0 Å². The maximum atomic E-state index is 14.2. The monoisotopic (exact) mass is 1030 g/mol. The Bertz CT molecular complexity index is 2680. The normalized spacial score (nSPS) is 19.2. The number of nitrogens with zero attached hydrogens (tertiary/aromatic N) is 3. The maximum absolute atomic E-state index is 14.2. The van der Waals surface area contributed by atoms with Crippen molar-refractivity contribution in [1.29, 1.82) is 0 Å². The summed E-state index contributed by atoms with van der Waals surface area (Å²) in [6.45, 7) is 10.4. The maximum Gasteiger partial charge on any atom is 0.501 e. The first kappa shape index (κ1) is 52.2. The number of thioether (sulfide) groups is 1. The zero-order valence-corrected chi connectivity index (χ0v) is 41.7. The number of amides is 1. The molecule has 372 valence electrons. The highest BCUT2D eigenvalue weighted by Gasteiger charge is 2.48. The number of halogens is 4. The molecule has 0 radical (unpaired) electrons. The van der Waals surface area contributed by atoms with Gasteiger partial charge in [0.1, 0.15) is 4.90 Å². The molecule has 20 heteroatoms. The van der Waals surface area contributed by atoms with Crippen molar-refractivity contribution in [2.75, 3.05) is 88.1 Å². The van der Waals surface area contributed by atoms with Crippen molar-refractivity contribution in [3.05, 3.63) is 119 Å². The molecule has 0 saturated carbocycles. The number of carbonyl (C=O) groups is 2. The van der Waals surface area contributed by atoms with Crippen LogP contribution in [0.25, 0.3) is 5.57 Å². The van der Waals surface area contributed by atoms with Gasteiger partial charge in [-0.05, 0) is 117 Å². The second-order valence-electron chi connectivity index (χ2n) is 17.6. The van der Waals surface area contributed by atoms with Crippen LogP contribution < -0.4 is 14.9 Å². The summed E-state index contributed by atoms with van der Waals surface area (Å²) in [5.74, 6) is -0.893. The molecule has 2 saturated heterocycles. The molecule has 69 heavy (non-hydrogen) atoms. The first-order valence-electron chi connectivity index (χ1n) is 22.8. The van der Waals surface area contributed by atoms with Gasteiger partial charge in [0.15, 0.2) is 0 Å². The van der Waals surface area contributed by atoms with Gasteiger partial charge < -0.3 is 19.7 Å². The van der Waals surface area contributed by atoms with Gasteiger partial charge in [0.25, 0.3) is 25.8 Å². The number of hydrogen-bond acceptors (Lipinski definition) is 13. The quantitative estimate of drug-likeness (QED) is 0.0726. The number of hydrogen-bond donors (Lipinski definition) is 2. The SMILES string of the molecule is CCOC(=O)C1(C)CCC(c2ccc(Cl)cc2)=C(CN2CCN(c3ccc(C(=O)NS(=O)(=O)c4ccc(N[C@H](CCN5CCOCC5)CSc5ccccc5)c(S(=O)(=O)C(F)(F)F)c4)cc3)CC2)C1. The van der Waals surface area contributed by atoms with Gasteiger partial charge >= 0.3 is 11.5 Å². The highest BCUT2D eigenvalue weighted by molar-refractivity contribution is 7.99. The van der Waals surface area contributed by atoms with E-state index in [0.717, 1.165) is 34.7 Å². The molecular weight excluding hydrogens is 975 g/mol. The summed E-state index contributed by atoms with van der Waals surface area (Å²) in [6.07, 6.45) is 2.40. The second kappa shape index (κ2) is 22.6. The summed E-state index contributed by atoms with van der Waals surface area (Å²) in [6, 6.07) is 25.2. The Kier molecular flexibility index (Phi) is 17.1. The number of allylic oxidation sites excluding steroid dienone is 1. The standard InChI is InChI=1S/C49H57ClF3N5O8S3/c1-3-66-47(60)48(2)21-19-43(35-9-13-38(50)14-10-35)37(32-48)33-57-23-25-58(26-24-57)40-15-11-36(12-16-40)46(59)55-69(63,64)42-17-18-44(45(31-42)68(61,62)49(51,52)53)54-39(20-22-56-27-29-65-30-28-56)34-67-41-7-5-4-6-8-41/h4-18,31,39,54H,3,19-30,32-34H2,1-2H3,(H,55,59)/t39-,48?/m1/s1. The number of anilines is 2. The van der Waals surface area contributed by atoms with E-state index in [4.69, 9.17) is 21.1 Å². The number of ether oxygens (including phenoxy) is 2. The number of piperazine rings is 1. The van der Waals surface area contributed by atoms with Gasteiger partial charge in [-0.3, -0.25) is 19.4 Å². The Morgan fingerprint density at radius 2 is 1.57 bits per heavy atom. The fourth-order valence-electron chi connectivity index (χ4n) is 8.80. The molecule has 0 bridgehead atoms. The molecule has 7 rings (SSSR count). The molecule has 1 unspecified atom stereocenters. The molecule has 13 nitrogen and oxygen atoms in total. The summed E-state index contributed by atoms with van der Waals surface area (Å²) in [7, 11) is -10.9. The van der Waals surface area contributed by atoms with E-state index in [9.17, 15) is 39.6 Å². The third-order valence-corrected chi connectivity index (χ3v) is 17.0. The molecule has 2 aliphatic heterocycles. The van der Waals surface area contributed by atoms with Crippen LogP contribution in [0.1, 0.15) is 55.5 Å². The minimum Gasteiger partial charge on any atom is -0.466 e. The van der Waals surface area contributed by atoms with Gasteiger partial charge in [-0.2, -0.15) is 13.2 Å². The van der Waals surface area contributed by atoms with E-state index >= 15 is 0 Å². The van der Waals surface area contributed by atoms with Crippen molar-refractivity contribution in [2.45, 2.75) is 65.8 Å². The zero-order valence-electron chi connectivity index (χ0n) is 38.5. The molecular formula is C49H57ClF3N5O8S3. The number of sulfonamides is 1. The Hall–Kier alpha value is -4.63. The molecule has 2 heterocycles. The molecule has 3 aliphatic rings. The third-order valence-electron chi connectivity index (χ3n) is 12.7. The van der Waals surface area contributed by atoms with E-state index in [1.54, 1.807) is 12.1 Å². The molecule has 1 aliphatic carbocycles. The number of carbonyl (C=O) groups excluding carboxylic acids is 2. The van der Waals surface area contributed by atoms with Crippen LogP contribution in [-0.4, -0.2) is 128 Å². The lowest BCUT2D eigenvalue weighted by Gasteiger charge is -2.40. The molecule has 2 N–H and O–H groups in total. The van der Waals surface area contributed by atoms with E-state index in [2.05, 4.69) is 20.0 Å². The number of morpholine rings is 1. The van der Waals surface area contributed by atoms with Crippen LogP contribution in [0.15, 0.2) is 117 Å². The lowest BCUT2D eigenvalue weighted by Crippen LogP contribution is -2.47. The fourth-order valence-corrected chi connectivity index (χ4v) is 11.9. The predicted molar refractivity (Wildman–Crippen MR) is 263 cm³/mol. The van der Waals surface area contributed by atoms with E-state index in [1.807, 2.05) is 73.2 Å². The molecule has 2 fully saturated rings. The van der Waals surface area contributed by atoms with Crippen LogP contribution in [-0.2, 0) is 34.1 Å². The first-order chi connectivity index (χ1) is 32.8. The number of benzene rings is 4. The Balaban J connectivity index is 1.02. The number of alkyl halides is 3. The third kappa shape index (κ3) is 13.2. The molecule has 0 aromatic heterocycles. The summed E-state index contributed by atoms with van der Waals surface area (Å²) < 4.78 is 109. The zero-order chi connectivity index (χ0) is 49.4. The Morgan fingerprint density at radius 3 is 2.22 bits per heavy atom. The lowest BCUT2D eigenvalue weighted by atomic mass is 9.71. The van der Waals surface area contributed by atoms with Crippen molar-refractivity contribution < 1.29 is 49.1 Å². The van der Waals surface area contributed by atoms with Crippen LogP contribution >= 0.6 is 23.4 Å². The van der Waals surface area contributed by atoms with Crippen LogP contribution in [0.4, 0.5) is 24.5 Å². The van der Waals surface area contributed by atoms with Gasteiger partial charge in [0, 0.05) is 85.3 Å². The summed E-state index contributed by atoms with van der Waals surface area (Å²) in [5, 5.41) is 3.63. The average Bonchev–Trinajstić information content (AvgIpc) is 3.33. The van der Waals surface area contributed by atoms with Crippen LogP contribution in [0.5, 0.6) is 0 Å². The van der Waals surface area contributed by atoms with Crippen LogP contribution in [0.2, 0.25) is 5.02 Å². The van der Waals surface area contributed by atoms with Gasteiger partial charge in [-0.15, -0.1) is 11.8 Å². The molecule has 1 amide bonds. The number of rotatable bonds is 18. The van der Waals surface area contributed by atoms with Crippen molar-refractivity contribution in [3.63, 3.8) is 0 Å². The topological polar surface area (TPSA) is 155 Å². The van der Waals surface area contributed by atoms with Gasteiger partial charge in [-0.25, -0.2) is 21.6 Å². The fraction of sp³-hybridized carbons (Fsp3) is 0.429. The Morgan fingerprint density at radius 1 is 0.884 bits per heavy atom. The molecule has 4 aromatic carbocycles. The number of esters is 1. The molecule has 2 atom stereocenters. The molecule has 4 aromatic rings. The summed E-state index contributed by atoms with van der Waals surface area (Å²) >= 11 is 7.64. The van der Waals surface area contributed by atoms with E-state index < -0.39 is 58.2 Å². The van der Waals surface area contributed by atoms with Gasteiger partial charge in [-0.1, -0.05) is 47.5 Å². The summed E-state index contributed by atoms with van der Waals surface area (Å²) in [5.41, 5.74) is -2.59. The van der Waals surface area contributed by atoms with Crippen molar-refractivity contribution in [1.82, 2.24) is 14.5 Å². The van der Waals surface area contributed by atoms with Crippen molar-refractivity contribution in [3.8, 4) is 0 Å². The average molecular weight is 1030 g/mol. The Labute approximate surface area is 411 Å². The van der Waals surface area contributed by atoms with Crippen LogP contribution in [0, 0.1) is 5.41 Å². The van der Waals surface area contributed by atoms with E-state index in [1.165, 1.54) is 35.0 Å². The first-order valence-corrected chi connectivity index (χ1v) is 27.2. The highest BCUT2D eigenvalue weighted by Crippen LogP contribution is 2.44. The minimum absolute atomic E-state index is 0.0370. The number of nitrogens with one attached hydrogen (secondary N) is 2. The van der Waals surface area contributed by atoms with Gasteiger partial charge in [0.05, 0.1) is 35.8 Å². The predicted octanol–water partition coefficient (Wildman–Crippen LogP) is 8.38. The highest BCUT2D eigenvalue weighted by atomic mass is 35.5. The lowest BCUT2D eigenvalue weighted by molar-refractivity contribution is -0.155. The largest absolute Gasteiger partial charge is 0.501 e. The smallest absolute Gasteiger partial charge is 0.466 e.